The summed E-state index contributed by atoms with van der Waals surface area (Å²) in [4.78, 5) is 17.4. The highest BCUT2D eigenvalue weighted by atomic mass is 19.4. The van der Waals surface area contributed by atoms with Gasteiger partial charge in [-0.25, -0.2) is 14.2 Å². The fourth-order valence-corrected chi connectivity index (χ4v) is 2.04. The van der Waals surface area contributed by atoms with Crippen molar-refractivity contribution in [2.75, 3.05) is 0 Å². The second-order valence-corrected chi connectivity index (χ2v) is 5.32. The molecule has 0 aliphatic rings. The molecule has 2 aromatic heterocycles. The summed E-state index contributed by atoms with van der Waals surface area (Å²) in [5, 5.41) is 11.1. The maximum Gasteiger partial charge on any atom is 0.490 e. The quantitative estimate of drug-likeness (QED) is 0.691. The lowest BCUT2D eigenvalue weighted by molar-refractivity contribution is -0.192. The van der Waals surface area contributed by atoms with Gasteiger partial charge in [-0.2, -0.15) is 18.2 Å². The molecular weight excluding hydrogens is 372 g/mol. The first-order valence-electron chi connectivity index (χ1n) is 7.48. The van der Waals surface area contributed by atoms with Crippen LogP contribution in [-0.4, -0.2) is 36.9 Å². The van der Waals surface area contributed by atoms with E-state index in [1.54, 1.807) is 18.3 Å². The van der Waals surface area contributed by atoms with Gasteiger partial charge in [-0.1, -0.05) is 5.16 Å². The molecule has 0 saturated carbocycles. The Bertz CT molecular complexity index is 903. The summed E-state index contributed by atoms with van der Waals surface area (Å²) in [6, 6.07) is 5.89. The zero-order valence-electron chi connectivity index (χ0n) is 14.1. The molecule has 1 N–H and O–H groups in total. The van der Waals surface area contributed by atoms with Gasteiger partial charge >= 0.3 is 12.1 Å². The van der Waals surface area contributed by atoms with Crippen molar-refractivity contribution in [3.05, 3.63) is 54.2 Å². The lowest BCUT2D eigenvalue weighted by atomic mass is 10.2. The Balaban J connectivity index is 0.000000321. The summed E-state index contributed by atoms with van der Waals surface area (Å²) in [6.07, 6.45) is -1.50. The van der Waals surface area contributed by atoms with Crippen molar-refractivity contribution in [2.24, 2.45) is 0 Å². The maximum absolute atomic E-state index is 12.9. The summed E-state index contributed by atoms with van der Waals surface area (Å²) in [7, 11) is 0. The van der Waals surface area contributed by atoms with Gasteiger partial charge in [0.25, 0.3) is 0 Å². The van der Waals surface area contributed by atoms with Crippen molar-refractivity contribution >= 4 is 5.97 Å². The third-order valence-electron chi connectivity index (χ3n) is 3.42. The Hall–Kier alpha value is -3.24. The molecule has 0 radical (unpaired) electrons. The number of halogens is 4. The van der Waals surface area contributed by atoms with Gasteiger partial charge in [0.05, 0.1) is 0 Å². The van der Waals surface area contributed by atoms with E-state index in [0.717, 1.165) is 11.4 Å². The number of hydrogen-bond acceptors (Lipinski definition) is 5. The van der Waals surface area contributed by atoms with E-state index in [1.165, 1.54) is 12.1 Å². The number of nitrogens with zero attached hydrogens (tertiary/aromatic N) is 4. The highest BCUT2D eigenvalue weighted by Gasteiger charge is 2.38. The molecule has 1 unspecified atom stereocenters. The van der Waals surface area contributed by atoms with Crippen molar-refractivity contribution in [3.63, 3.8) is 0 Å². The van der Waals surface area contributed by atoms with Crippen LogP contribution in [0.1, 0.15) is 24.7 Å². The fraction of sp³-hybridized carbons (Fsp3) is 0.250. The van der Waals surface area contributed by atoms with Gasteiger partial charge in [-0.3, -0.25) is 0 Å². The van der Waals surface area contributed by atoms with Gasteiger partial charge in [-0.15, -0.1) is 0 Å². The van der Waals surface area contributed by atoms with Gasteiger partial charge in [0, 0.05) is 18.0 Å². The predicted molar refractivity (Wildman–Crippen MR) is 84.2 cm³/mol. The molecule has 11 heteroatoms. The molecule has 27 heavy (non-hydrogen) atoms. The first kappa shape index (κ1) is 20.1. The number of benzene rings is 1. The predicted octanol–water partition coefficient (Wildman–Crippen LogP) is 3.62. The normalized spacial score (nSPS) is 12.2. The molecule has 2 heterocycles. The zero-order valence-corrected chi connectivity index (χ0v) is 14.1. The van der Waals surface area contributed by atoms with Crippen LogP contribution >= 0.6 is 0 Å². The SMILES string of the molecule is Cc1nccn1C(C)c1nc(-c2ccc(F)cc2)no1.O=C(O)C(F)(F)F. The molecule has 0 fully saturated rings. The lowest BCUT2D eigenvalue weighted by Gasteiger charge is -2.09. The number of aliphatic carboxylic acids is 1. The number of aryl methyl sites for hydroxylation is 1. The molecule has 144 valence electrons. The van der Waals surface area contributed by atoms with E-state index >= 15 is 0 Å². The second-order valence-electron chi connectivity index (χ2n) is 5.32. The Labute approximate surface area is 150 Å². The van der Waals surface area contributed by atoms with Crippen LogP contribution in [-0.2, 0) is 4.79 Å². The van der Waals surface area contributed by atoms with Crippen molar-refractivity contribution < 1.29 is 32.0 Å². The number of alkyl halides is 3. The summed E-state index contributed by atoms with van der Waals surface area (Å²) in [5.74, 6) is -1.23. The third kappa shape index (κ3) is 5.12. The molecule has 0 amide bonds. The standard InChI is InChI=1S/C14H13FN4O.C2HF3O2/c1-9(19-8-7-16-10(19)2)14-17-13(18-20-14)11-3-5-12(15)6-4-11;3-2(4,5)1(6)7/h3-9H,1-2H3;(H,6,7). The molecule has 0 bridgehead atoms. The van der Waals surface area contributed by atoms with E-state index in [0.29, 0.717) is 11.7 Å². The minimum Gasteiger partial charge on any atom is -0.475 e. The number of rotatable bonds is 3. The fourth-order valence-electron chi connectivity index (χ4n) is 2.04. The number of imidazole rings is 1. The van der Waals surface area contributed by atoms with E-state index in [9.17, 15) is 17.6 Å². The Morgan fingerprint density at radius 3 is 2.33 bits per heavy atom. The minimum atomic E-state index is -5.08. The number of carboxylic acid groups (broad SMARTS) is 1. The van der Waals surface area contributed by atoms with Gasteiger partial charge < -0.3 is 14.2 Å². The van der Waals surface area contributed by atoms with Gasteiger partial charge in [0.2, 0.25) is 11.7 Å². The molecule has 3 rings (SSSR count). The van der Waals surface area contributed by atoms with Gasteiger partial charge in [0.1, 0.15) is 17.7 Å². The van der Waals surface area contributed by atoms with Crippen LogP contribution in [0.15, 0.2) is 41.2 Å². The zero-order chi connectivity index (χ0) is 20.2. The molecule has 1 atom stereocenters. The first-order valence-corrected chi connectivity index (χ1v) is 7.48. The molecular formula is C16H14F4N4O3. The summed E-state index contributed by atoms with van der Waals surface area (Å²) < 4.78 is 51.9. The van der Waals surface area contributed by atoms with Crippen molar-refractivity contribution in [3.8, 4) is 11.4 Å². The monoisotopic (exact) mass is 386 g/mol. The maximum atomic E-state index is 12.9. The Kier molecular flexibility index (Phi) is 5.93. The van der Waals surface area contributed by atoms with Crippen LogP contribution < -0.4 is 0 Å². The summed E-state index contributed by atoms with van der Waals surface area (Å²) in [5.41, 5.74) is 0.718. The summed E-state index contributed by atoms with van der Waals surface area (Å²) >= 11 is 0. The van der Waals surface area contributed by atoms with Crippen molar-refractivity contribution in [2.45, 2.75) is 26.1 Å². The third-order valence-corrected chi connectivity index (χ3v) is 3.42. The Morgan fingerprint density at radius 1 is 1.26 bits per heavy atom. The van der Waals surface area contributed by atoms with E-state index in [1.807, 2.05) is 24.6 Å². The Morgan fingerprint density at radius 2 is 1.85 bits per heavy atom. The molecule has 0 spiro atoms. The average molecular weight is 386 g/mol. The van der Waals surface area contributed by atoms with Crippen molar-refractivity contribution in [1.29, 1.82) is 0 Å². The van der Waals surface area contributed by atoms with Crippen LogP contribution in [0.2, 0.25) is 0 Å². The van der Waals surface area contributed by atoms with E-state index in [4.69, 9.17) is 14.4 Å². The number of hydrogen-bond donors (Lipinski definition) is 1. The van der Waals surface area contributed by atoms with Crippen LogP contribution in [0.4, 0.5) is 17.6 Å². The largest absolute Gasteiger partial charge is 0.490 e. The minimum absolute atomic E-state index is 0.0980. The molecule has 0 aliphatic heterocycles. The lowest BCUT2D eigenvalue weighted by Crippen LogP contribution is -2.21. The van der Waals surface area contributed by atoms with Crippen molar-refractivity contribution in [1.82, 2.24) is 19.7 Å². The van der Waals surface area contributed by atoms with Gasteiger partial charge in [0.15, 0.2) is 0 Å². The second kappa shape index (κ2) is 7.98. The number of carbonyl (C=O) groups is 1. The molecule has 1 aromatic carbocycles. The van der Waals surface area contributed by atoms with Crippen LogP contribution in [0, 0.1) is 12.7 Å². The van der Waals surface area contributed by atoms with E-state index in [-0.39, 0.29) is 11.9 Å². The highest BCUT2D eigenvalue weighted by Crippen LogP contribution is 2.22. The van der Waals surface area contributed by atoms with Crippen LogP contribution in [0.5, 0.6) is 0 Å². The number of aromatic nitrogens is 4. The molecule has 0 aliphatic carbocycles. The molecule has 3 aromatic rings. The smallest absolute Gasteiger partial charge is 0.475 e. The van der Waals surface area contributed by atoms with Gasteiger partial charge in [-0.05, 0) is 38.1 Å². The van der Waals surface area contributed by atoms with Crippen LogP contribution in [0.3, 0.4) is 0 Å². The van der Waals surface area contributed by atoms with E-state index < -0.39 is 12.1 Å². The summed E-state index contributed by atoms with van der Waals surface area (Å²) in [6.45, 7) is 3.87. The topological polar surface area (TPSA) is 94.0 Å². The average Bonchev–Trinajstić information content (AvgIpc) is 3.24. The van der Waals surface area contributed by atoms with E-state index in [2.05, 4.69) is 15.1 Å². The molecule has 7 nitrogen and oxygen atoms in total. The first-order chi connectivity index (χ1) is 12.6. The van der Waals surface area contributed by atoms with Crippen LogP contribution in [0.25, 0.3) is 11.4 Å². The highest BCUT2D eigenvalue weighted by molar-refractivity contribution is 5.73. The number of carboxylic acids is 1. The molecule has 0 saturated heterocycles.